The summed E-state index contributed by atoms with van der Waals surface area (Å²) in [4.78, 5) is 23.8. The smallest absolute Gasteiger partial charge is 0.331 e. The predicted molar refractivity (Wildman–Crippen MR) is 90.5 cm³/mol. The van der Waals surface area contributed by atoms with Crippen molar-refractivity contribution in [2.45, 2.75) is 18.6 Å². The minimum Gasteiger partial charge on any atom is -0.489 e. The first-order valence-electron chi connectivity index (χ1n) is 7.99. The maximum absolute atomic E-state index is 12.3. The van der Waals surface area contributed by atoms with Crippen LogP contribution in [0.3, 0.4) is 0 Å². The minimum absolute atomic E-state index is 0.0215. The zero-order chi connectivity index (χ0) is 17.7. The number of hydrogen-bond donors (Lipinski definition) is 2. The fourth-order valence-electron chi connectivity index (χ4n) is 2.62. The van der Waals surface area contributed by atoms with Gasteiger partial charge in [0, 0.05) is 18.6 Å². The van der Waals surface area contributed by atoms with Gasteiger partial charge in [0.1, 0.15) is 12.4 Å². The molecule has 1 fully saturated rings. The highest BCUT2D eigenvalue weighted by molar-refractivity contribution is 5.98. The number of nitrogens with one attached hydrogen (secondary N) is 1. The Morgan fingerprint density at radius 3 is 2.44 bits per heavy atom. The van der Waals surface area contributed by atoms with Gasteiger partial charge in [0.05, 0.1) is 6.61 Å². The minimum atomic E-state index is -1.35. The van der Waals surface area contributed by atoms with Crippen molar-refractivity contribution in [3.8, 4) is 5.75 Å². The molecular weight excluding hydrogens is 322 g/mol. The molecule has 0 saturated carbocycles. The molecule has 2 N–H and O–H groups in total. The Hall–Kier alpha value is -2.86. The van der Waals surface area contributed by atoms with Crippen LogP contribution in [0.25, 0.3) is 0 Å². The summed E-state index contributed by atoms with van der Waals surface area (Å²) < 4.78 is 10.8. The van der Waals surface area contributed by atoms with Crippen LogP contribution in [-0.2, 0) is 16.1 Å². The Morgan fingerprint density at radius 1 is 1.12 bits per heavy atom. The molecule has 0 aliphatic carbocycles. The maximum Gasteiger partial charge on any atom is 0.331 e. The van der Waals surface area contributed by atoms with Gasteiger partial charge >= 0.3 is 5.97 Å². The van der Waals surface area contributed by atoms with Crippen molar-refractivity contribution < 1.29 is 24.2 Å². The Labute approximate surface area is 145 Å². The zero-order valence-electron chi connectivity index (χ0n) is 13.6. The number of amides is 1. The van der Waals surface area contributed by atoms with Crippen LogP contribution in [0, 0.1) is 0 Å². The van der Waals surface area contributed by atoms with Crippen molar-refractivity contribution in [1.82, 2.24) is 5.32 Å². The second-order valence-corrected chi connectivity index (χ2v) is 5.94. The van der Waals surface area contributed by atoms with Gasteiger partial charge in [-0.05, 0) is 29.8 Å². The third-order valence-electron chi connectivity index (χ3n) is 4.15. The molecule has 0 bridgehead atoms. The summed E-state index contributed by atoms with van der Waals surface area (Å²) >= 11 is 0. The first kappa shape index (κ1) is 17.0. The van der Waals surface area contributed by atoms with Crippen molar-refractivity contribution in [3.05, 3.63) is 65.7 Å². The topological polar surface area (TPSA) is 84.9 Å². The van der Waals surface area contributed by atoms with Crippen molar-refractivity contribution in [1.29, 1.82) is 0 Å². The number of carbonyl (C=O) groups is 2. The van der Waals surface area contributed by atoms with Gasteiger partial charge in [-0.25, -0.2) is 4.79 Å². The molecule has 130 valence electrons. The first-order chi connectivity index (χ1) is 12.1. The molecule has 0 spiro atoms. The van der Waals surface area contributed by atoms with Gasteiger partial charge in [-0.3, -0.25) is 4.79 Å². The van der Waals surface area contributed by atoms with Gasteiger partial charge in [0.15, 0.2) is 5.54 Å². The van der Waals surface area contributed by atoms with Crippen LogP contribution in [0.5, 0.6) is 5.75 Å². The summed E-state index contributed by atoms with van der Waals surface area (Å²) in [5, 5.41) is 11.9. The van der Waals surface area contributed by atoms with Crippen LogP contribution in [0.15, 0.2) is 54.6 Å². The van der Waals surface area contributed by atoms with Gasteiger partial charge in [-0.1, -0.05) is 30.3 Å². The molecule has 25 heavy (non-hydrogen) atoms. The summed E-state index contributed by atoms with van der Waals surface area (Å²) in [5.74, 6) is -0.888. The van der Waals surface area contributed by atoms with E-state index in [1.54, 1.807) is 24.3 Å². The highest BCUT2D eigenvalue weighted by Gasteiger charge is 2.44. The summed E-state index contributed by atoms with van der Waals surface area (Å²) in [5.41, 5.74) is 0.0769. The molecule has 1 unspecified atom stereocenters. The number of hydrogen-bond acceptors (Lipinski definition) is 4. The molecular formula is C19H19NO5. The number of carboxylic acid groups (broad SMARTS) is 1. The van der Waals surface area contributed by atoms with Crippen molar-refractivity contribution in [3.63, 3.8) is 0 Å². The fourth-order valence-corrected chi connectivity index (χ4v) is 2.62. The van der Waals surface area contributed by atoms with Crippen LogP contribution in [0.4, 0.5) is 0 Å². The highest BCUT2D eigenvalue weighted by Crippen LogP contribution is 2.20. The normalized spacial score (nSPS) is 19.4. The summed E-state index contributed by atoms with van der Waals surface area (Å²) in [7, 11) is 0. The van der Waals surface area contributed by atoms with Crippen LogP contribution >= 0.6 is 0 Å². The number of rotatable bonds is 6. The molecule has 2 aromatic rings. The molecule has 6 heteroatoms. The molecule has 3 rings (SSSR count). The van der Waals surface area contributed by atoms with Gasteiger partial charge < -0.3 is 19.9 Å². The van der Waals surface area contributed by atoms with Crippen LogP contribution in [0.1, 0.15) is 22.3 Å². The van der Waals surface area contributed by atoms with Gasteiger partial charge in [0.2, 0.25) is 0 Å². The molecule has 1 atom stereocenters. The van der Waals surface area contributed by atoms with E-state index in [0.717, 1.165) is 5.56 Å². The van der Waals surface area contributed by atoms with Gasteiger partial charge in [-0.15, -0.1) is 0 Å². The molecule has 6 nitrogen and oxygen atoms in total. The summed E-state index contributed by atoms with van der Waals surface area (Å²) in [6.45, 7) is 0.733. The van der Waals surface area contributed by atoms with E-state index in [9.17, 15) is 14.7 Å². The number of benzene rings is 2. The predicted octanol–water partition coefficient (Wildman–Crippen LogP) is 2.24. The van der Waals surface area contributed by atoms with Crippen molar-refractivity contribution in [2.24, 2.45) is 0 Å². The average molecular weight is 341 g/mol. The number of ether oxygens (including phenoxy) is 2. The Kier molecular flexibility index (Phi) is 5.00. The van der Waals surface area contributed by atoms with Crippen molar-refractivity contribution in [2.75, 3.05) is 13.2 Å². The molecule has 1 aliphatic rings. The maximum atomic E-state index is 12.3. The van der Waals surface area contributed by atoms with Crippen LogP contribution in [-0.4, -0.2) is 35.7 Å². The third kappa shape index (κ3) is 3.97. The zero-order valence-corrected chi connectivity index (χ0v) is 13.6. The first-order valence-corrected chi connectivity index (χ1v) is 7.99. The molecule has 1 heterocycles. The third-order valence-corrected chi connectivity index (χ3v) is 4.15. The lowest BCUT2D eigenvalue weighted by Crippen LogP contribution is -2.55. The van der Waals surface area contributed by atoms with E-state index in [1.165, 1.54) is 0 Å². The van der Waals surface area contributed by atoms with E-state index in [-0.39, 0.29) is 13.0 Å². The quantitative estimate of drug-likeness (QED) is 0.842. The van der Waals surface area contributed by atoms with E-state index < -0.39 is 17.4 Å². The molecule has 2 aromatic carbocycles. The van der Waals surface area contributed by atoms with Gasteiger partial charge in [0.25, 0.3) is 5.91 Å². The largest absolute Gasteiger partial charge is 0.489 e. The van der Waals surface area contributed by atoms with E-state index in [2.05, 4.69) is 5.32 Å². The number of carbonyl (C=O) groups excluding carboxylic acids is 1. The molecule has 0 radical (unpaired) electrons. The number of carboxylic acids is 1. The van der Waals surface area contributed by atoms with E-state index in [4.69, 9.17) is 9.47 Å². The lowest BCUT2D eigenvalue weighted by atomic mass is 9.98. The summed E-state index contributed by atoms with van der Waals surface area (Å²) in [6.07, 6.45) is 0.256. The number of aliphatic carboxylic acids is 1. The van der Waals surface area contributed by atoms with Crippen molar-refractivity contribution >= 4 is 11.9 Å². The fraction of sp³-hybridized carbons (Fsp3) is 0.263. The Morgan fingerprint density at radius 2 is 1.84 bits per heavy atom. The highest BCUT2D eigenvalue weighted by atomic mass is 16.5. The molecule has 1 amide bonds. The average Bonchev–Trinajstić information content (AvgIpc) is 3.11. The monoisotopic (exact) mass is 341 g/mol. The van der Waals surface area contributed by atoms with E-state index >= 15 is 0 Å². The molecule has 0 aromatic heterocycles. The van der Waals surface area contributed by atoms with Crippen LogP contribution < -0.4 is 10.1 Å². The standard InChI is InChI=1S/C19H19NO5/c21-17(20-19(18(22)23)10-11-24-13-19)15-6-8-16(9-7-15)25-12-14-4-2-1-3-5-14/h1-9H,10-13H2,(H,20,21)(H,22,23). The SMILES string of the molecule is O=C(NC1(C(=O)O)CCOC1)c1ccc(OCc2ccccc2)cc1. The summed E-state index contributed by atoms with van der Waals surface area (Å²) in [6, 6.07) is 16.4. The molecule has 1 aliphatic heterocycles. The van der Waals surface area contributed by atoms with E-state index in [1.807, 2.05) is 30.3 Å². The van der Waals surface area contributed by atoms with Crippen LogP contribution in [0.2, 0.25) is 0 Å². The lowest BCUT2D eigenvalue weighted by molar-refractivity contribution is -0.144. The Bertz CT molecular complexity index is 736. The molecule has 1 saturated heterocycles. The second kappa shape index (κ2) is 7.36. The van der Waals surface area contributed by atoms with Gasteiger partial charge in [-0.2, -0.15) is 0 Å². The lowest BCUT2D eigenvalue weighted by Gasteiger charge is -2.23. The Balaban J connectivity index is 1.61. The second-order valence-electron chi connectivity index (χ2n) is 5.94. The van der Waals surface area contributed by atoms with E-state index in [0.29, 0.717) is 24.5 Å².